The summed E-state index contributed by atoms with van der Waals surface area (Å²) in [4.78, 5) is 11.1. The van der Waals surface area contributed by atoms with E-state index in [0.29, 0.717) is 29.4 Å². The highest BCUT2D eigenvalue weighted by atomic mass is 16.7. The molecule has 1 heterocycles. The highest BCUT2D eigenvalue weighted by molar-refractivity contribution is 5.82. The lowest BCUT2D eigenvalue weighted by atomic mass is 10.2. The van der Waals surface area contributed by atoms with Crippen molar-refractivity contribution in [1.29, 1.82) is 0 Å². The number of carbonyl (C=O) groups excluding carboxylic acids is 1. The largest absolute Gasteiger partial charge is 0.484 e. The van der Waals surface area contributed by atoms with E-state index in [4.69, 9.17) is 14.2 Å². The molecule has 1 aliphatic heterocycles. The monoisotopic (exact) mass is 256 g/mol. The topological polar surface area (TPSA) is 44.8 Å². The van der Waals surface area contributed by atoms with Crippen LogP contribution in [0.4, 0.5) is 0 Å². The first-order valence-electron chi connectivity index (χ1n) is 5.93. The van der Waals surface area contributed by atoms with E-state index in [1.54, 1.807) is 12.1 Å². The minimum absolute atomic E-state index is 0.152. The molecule has 3 rings (SSSR count). The summed E-state index contributed by atoms with van der Waals surface area (Å²) >= 11 is 0. The van der Waals surface area contributed by atoms with Gasteiger partial charge in [-0.05, 0) is 17.7 Å². The zero-order chi connectivity index (χ0) is 13.1. The number of hydrogen-bond donors (Lipinski definition) is 0. The van der Waals surface area contributed by atoms with Gasteiger partial charge in [0.05, 0.1) is 5.56 Å². The summed E-state index contributed by atoms with van der Waals surface area (Å²) in [5.41, 5.74) is 1.48. The second-order valence-electron chi connectivity index (χ2n) is 4.11. The molecule has 0 atom stereocenters. The van der Waals surface area contributed by atoms with E-state index in [-0.39, 0.29) is 6.79 Å². The van der Waals surface area contributed by atoms with Crippen LogP contribution in [0, 0.1) is 0 Å². The zero-order valence-corrected chi connectivity index (χ0v) is 10.2. The molecule has 4 heteroatoms. The van der Waals surface area contributed by atoms with Crippen LogP contribution in [0.1, 0.15) is 15.9 Å². The third-order valence-electron chi connectivity index (χ3n) is 2.88. The average Bonchev–Trinajstić information content (AvgIpc) is 2.94. The Bertz CT molecular complexity index is 593. The first-order valence-corrected chi connectivity index (χ1v) is 5.93. The Morgan fingerprint density at radius 3 is 2.74 bits per heavy atom. The smallest absolute Gasteiger partial charge is 0.231 e. The molecule has 2 aromatic rings. The summed E-state index contributed by atoms with van der Waals surface area (Å²) in [7, 11) is 0. The zero-order valence-electron chi connectivity index (χ0n) is 10.2. The van der Waals surface area contributed by atoms with Crippen molar-refractivity contribution >= 4 is 6.29 Å². The van der Waals surface area contributed by atoms with Crippen molar-refractivity contribution in [2.75, 3.05) is 6.79 Å². The van der Waals surface area contributed by atoms with Gasteiger partial charge in [-0.1, -0.05) is 30.3 Å². The van der Waals surface area contributed by atoms with Crippen LogP contribution in [0.5, 0.6) is 17.2 Å². The molecule has 19 heavy (non-hydrogen) atoms. The second kappa shape index (κ2) is 5.02. The van der Waals surface area contributed by atoms with Crippen LogP contribution in [-0.2, 0) is 6.61 Å². The highest BCUT2D eigenvalue weighted by Gasteiger charge is 2.22. The summed E-state index contributed by atoms with van der Waals surface area (Å²) in [5, 5.41) is 0. The van der Waals surface area contributed by atoms with Crippen LogP contribution in [0.3, 0.4) is 0 Å². The molecule has 0 radical (unpaired) electrons. The van der Waals surface area contributed by atoms with Crippen molar-refractivity contribution in [2.45, 2.75) is 6.61 Å². The molecular weight excluding hydrogens is 244 g/mol. The van der Waals surface area contributed by atoms with Gasteiger partial charge in [-0.15, -0.1) is 0 Å². The standard InChI is InChI=1S/C15H12O4/c16-8-12-6-7-13-15(19-10-18-13)14(12)17-9-11-4-2-1-3-5-11/h1-8H,9-10H2. The maximum Gasteiger partial charge on any atom is 0.231 e. The normalized spacial score (nSPS) is 12.2. The molecule has 1 aliphatic rings. The van der Waals surface area contributed by atoms with Crippen LogP contribution in [-0.4, -0.2) is 13.1 Å². The summed E-state index contributed by atoms with van der Waals surface area (Å²) in [5.74, 6) is 1.54. The summed E-state index contributed by atoms with van der Waals surface area (Å²) in [6.45, 7) is 0.529. The van der Waals surface area contributed by atoms with Crippen LogP contribution in [0.25, 0.3) is 0 Å². The van der Waals surface area contributed by atoms with Crippen LogP contribution in [0.15, 0.2) is 42.5 Å². The maximum absolute atomic E-state index is 11.1. The molecule has 0 bridgehead atoms. The van der Waals surface area contributed by atoms with Crippen molar-refractivity contribution in [3.8, 4) is 17.2 Å². The molecule has 2 aromatic carbocycles. The van der Waals surface area contributed by atoms with Crippen LogP contribution < -0.4 is 14.2 Å². The molecule has 0 N–H and O–H groups in total. The molecule has 0 spiro atoms. The lowest BCUT2D eigenvalue weighted by molar-refractivity contribution is 0.111. The van der Waals surface area contributed by atoms with Gasteiger partial charge in [0.1, 0.15) is 6.61 Å². The number of benzene rings is 2. The molecule has 4 nitrogen and oxygen atoms in total. The molecule has 0 unspecified atom stereocenters. The fraction of sp³-hybridized carbons (Fsp3) is 0.133. The Balaban J connectivity index is 1.88. The summed E-state index contributed by atoms with van der Waals surface area (Å²) < 4.78 is 16.3. The van der Waals surface area contributed by atoms with Crippen molar-refractivity contribution < 1.29 is 19.0 Å². The predicted molar refractivity (Wildman–Crippen MR) is 68.7 cm³/mol. The van der Waals surface area contributed by atoms with Gasteiger partial charge in [-0.2, -0.15) is 0 Å². The molecule has 0 saturated carbocycles. The molecule has 0 saturated heterocycles. The number of carbonyl (C=O) groups is 1. The van der Waals surface area contributed by atoms with Crippen molar-refractivity contribution in [3.05, 3.63) is 53.6 Å². The molecule has 0 aliphatic carbocycles. The first-order chi connectivity index (χ1) is 9.38. The van der Waals surface area contributed by atoms with Gasteiger partial charge in [0.2, 0.25) is 12.5 Å². The summed E-state index contributed by atoms with van der Waals surface area (Å²) in [6.07, 6.45) is 0.752. The first kappa shape index (κ1) is 11.6. The van der Waals surface area contributed by atoms with Gasteiger partial charge in [0.15, 0.2) is 17.8 Å². The van der Waals surface area contributed by atoms with Crippen molar-refractivity contribution in [1.82, 2.24) is 0 Å². The van der Waals surface area contributed by atoms with E-state index < -0.39 is 0 Å². The minimum Gasteiger partial charge on any atom is -0.484 e. The number of hydrogen-bond acceptors (Lipinski definition) is 4. The third kappa shape index (κ3) is 2.25. The Labute approximate surface area is 110 Å². The van der Waals surface area contributed by atoms with Gasteiger partial charge in [0, 0.05) is 0 Å². The number of aldehydes is 1. The van der Waals surface area contributed by atoms with E-state index in [0.717, 1.165) is 11.8 Å². The highest BCUT2D eigenvalue weighted by Crippen LogP contribution is 2.42. The van der Waals surface area contributed by atoms with Crippen LogP contribution >= 0.6 is 0 Å². The lowest BCUT2D eigenvalue weighted by Gasteiger charge is -2.11. The van der Waals surface area contributed by atoms with Gasteiger partial charge in [0.25, 0.3) is 0 Å². The SMILES string of the molecule is O=Cc1ccc2c(c1OCc1ccccc1)OCO2. The van der Waals surface area contributed by atoms with Crippen molar-refractivity contribution in [3.63, 3.8) is 0 Å². The minimum atomic E-state index is 0.152. The summed E-state index contributed by atoms with van der Waals surface area (Å²) in [6, 6.07) is 13.1. The molecule has 96 valence electrons. The molecule has 0 fully saturated rings. The maximum atomic E-state index is 11.1. The van der Waals surface area contributed by atoms with Crippen molar-refractivity contribution in [2.24, 2.45) is 0 Å². The average molecular weight is 256 g/mol. The van der Waals surface area contributed by atoms with Gasteiger partial charge < -0.3 is 14.2 Å². The molecule has 0 aromatic heterocycles. The molecule has 0 amide bonds. The Hall–Kier alpha value is -2.49. The number of fused-ring (bicyclic) bond motifs is 1. The fourth-order valence-electron chi connectivity index (χ4n) is 1.93. The van der Waals surface area contributed by atoms with Gasteiger partial charge in [-0.3, -0.25) is 4.79 Å². The second-order valence-corrected chi connectivity index (χ2v) is 4.11. The number of ether oxygens (including phenoxy) is 3. The quantitative estimate of drug-likeness (QED) is 0.789. The van der Waals surface area contributed by atoms with Crippen LogP contribution in [0.2, 0.25) is 0 Å². The predicted octanol–water partition coefficient (Wildman–Crippen LogP) is 2.81. The Morgan fingerprint density at radius 2 is 1.95 bits per heavy atom. The van der Waals surface area contributed by atoms with Gasteiger partial charge in [-0.25, -0.2) is 0 Å². The fourth-order valence-corrected chi connectivity index (χ4v) is 1.93. The van der Waals surface area contributed by atoms with E-state index in [1.807, 2.05) is 30.3 Å². The third-order valence-corrected chi connectivity index (χ3v) is 2.88. The van der Waals surface area contributed by atoms with E-state index in [2.05, 4.69) is 0 Å². The Morgan fingerprint density at radius 1 is 1.11 bits per heavy atom. The molecular formula is C15H12O4. The van der Waals surface area contributed by atoms with E-state index in [1.165, 1.54) is 0 Å². The lowest BCUT2D eigenvalue weighted by Crippen LogP contribution is -2.00. The number of rotatable bonds is 4. The van der Waals surface area contributed by atoms with E-state index in [9.17, 15) is 4.79 Å². The Kier molecular flexibility index (Phi) is 3.06. The van der Waals surface area contributed by atoms with Gasteiger partial charge >= 0.3 is 0 Å². The van der Waals surface area contributed by atoms with E-state index >= 15 is 0 Å².